The fourth-order valence-corrected chi connectivity index (χ4v) is 4.12. The van der Waals surface area contributed by atoms with Crippen LogP contribution in [0.1, 0.15) is 23.1 Å². The number of rotatable bonds is 6. The van der Waals surface area contributed by atoms with Crippen LogP contribution in [0.3, 0.4) is 0 Å². The van der Waals surface area contributed by atoms with Crippen molar-refractivity contribution in [2.75, 3.05) is 10.6 Å². The van der Waals surface area contributed by atoms with Crippen LogP contribution in [-0.4, -0.2) is 37.0 Å². The molecule has 1 aromatic heterocycles. The van der Waals surface area contributed by atoms with Crippen molar-refractivity contribution in [1.82, 2.24) is 4.98 Å². The van der Waals surface area contributed by atoms with E-state index in [1.54, 1.807) is 19.9 Å². The zero-order valence-corrected chi connectivity index (χ0v) is 18.7. The normalized spacial score (nSPS) is 16.2. The fraction of sp³-hybridized carbons (Fsp3) is 0.200. The molecule has 3 rings (SSSR count). The van der Waals surface area contributed by atoms with E-state index in [9.17, 15) is 22.1 Å². The summed E-state index contributed by atoms with van der Waals surface area (Å²) >= 11 is 0. The number of hydrogen-bond acceptors (Lipinski definition) is 8. The number of nitrogens with one attached hydrogen (secondary N) is 2. The third-order valence-electron chi connectivity index (χ3n) is 4.97. The molecule has 168 valence electrons. The topological polar surface area (TPSA) is 169 Å². The lowest BCUT2D eigenvalue weighted by molar-refractivity contribution is 0.482. The van der Waals surface area contributed by atoms with Gasteiger partial charge in [0.15, 0.2) is 0 Å². The second-order valence-electron chi connectivity index (χ2n) is 7.10. The monoisotopic (exact) mass is 476 g/mol. The number of aromatic nitrogens is 1. The molecule has 1 aliphatic rings. The van der Waals surface area contributed by atoms with Gasteiger partial charge in [-0.1, -0.05) is 12.2 Å². The first-order chi connectivity index (χ1) is 14.9. The summed E-state index contributed by atoms with van der Waals surface area (Å²) in [5.41, 5.74) is 2.23. The zero-order chi connectivity index (χ0) is 23.7. The summed E-state index contributed by atoms with van der Waals surface area (Å²) in [6.45, 7) is 3.55. The molecule has 1 aromatic carbocycles. The Labute approximate surface area is 185 Å². The van der Waals surface area contributed by atoms with Gasteiger partial charge in [-0.3, -0.25) is 9.11 Å². The quantitative estimate of drug-likeness (QED) is 0.454. The lowest BCUT2D eigenvalue weighted by Gasteiger charge is -2.21. The summed E-state index contributed by atoms with van der Waals surface area (Å²) in [6.07, 6.45) is 4.46. The molecule has 0 aliphatic heterocycles. The van der Waals surface area contributed by atoms with Crippen molar-refractivity contribution in [3.63, 3.8) is 0 Å². The molecule has 0 spiro atoms. The molecule has 0 amide bonds. The minimum Gasteiger partial charge on any atom is -0.362 e. The summed E-state index contributed by atoms with van der Waals surface area (Å²) in [6, 6.07) is 7.19. The Morgan fingerprint density at radius 3 is 2.19 bits per heavy atom. The molecule has 1 atom stereocenters. The van der Waals surface area contributed by atoms with Crippen LogP contribution in [0, 0.1) is 25.2 Å². The van der Waals surface area contributed by atoms with Gasteiger partial charge in [0.05, 0.1) is 15.4 Å². The van der Waals surface area contributed by atoms with E-state index >= 15 is 0 Å². The van der Waals surface area contributed by atoms with Gasteiger partial charge < -0.3 is 10.6 Å². The molecule has 0 bridgehead atoms. The van der Waals surface area contributed by atoms with Crippen molar-refractivity contribution in [3.8, 4) is 6.07 Å². The van der Waals surface area contributed by atoms with E-state index in [-0.39, 0.29) is 28.1 Å². The molecule has 2 aromatic rings. The summed E-state index contributed by atoms with van der Waals surface area (Å²) < 4.78 is 63.1. The van der Waals surface area contributed by atoms with E-state index in [2.05, 4.69) is 21.7 Å². The Kier molecular flexibility index (Phi) is 6.38. The average Bonchev–Trinajstić information content (AvgIpc) is 2.71. The van der Waals surface area contributed by atoms with Crippen LogP contribution < -0.4 is 10.6 Å². The summed E-state index contributed by atoms with van der Waals surface area (Å²) in [7, 11) is -8.59. The minimum atomic E-state index is -4.31. The predicted octanol–water partition coefficient (Wildman–Crippen LogP) is 3.07. The van der Waals surface area contributed by atoms with Crippen LogP contribution in [0.5, 0.6) is 0 Å². The zero-order valence-electron chi connectivity index (χ0n) is 17.1. The Hall–Kier alpha value is -3.24. The molecule has 0 saturated heterocycles. The lowest BCUT2D eigenvalue weighted by atomic mass is 10.0. The van der Waals surface area contributed by atoms with Gasteiger partial charge in [-0.25, -0.2) is 4.98 Å². The van der Waals surface area contributed by atoms with Crippen LogP contribution in [0.2, 0.25) is 0 Å². The lowest BCUT2D eigenvalue weighted by Crippen LogP contribution is -2.21. The van der Waals surface area contributed by atoms with Crippen molar-refractivity contribution in [1.29, 1.82) is 5.26 Å². The number of pyridine rings is 1. The summed E-state index contributed by atoms with van der Waals surface area (Å²) in [5, 5.41) is 15.8. The highest BCUT2D eigenvalue weighted by Gasteiger charge is 2.20. The molecular weight excluding hydrogens is 456 g/mol. The number of benzene rings is 1. The van der Waals surface area contributed by atoms with Gasteiger partial charge in [-0.2, -0.15) is 22.1 Å². The Morgan fingerprint density at radius 1 is 1.03 bits per heavy atom. The molecule has 1 aliphatic carbocycles. The van der Waals surface area contributed by atoms with E-state index in [4.69, 9.17) is 9.11 Å². The van der Waals surface area contributed by atoms with E-state index < -0.39 is 20.2 Å². The van der Waals surface area contributed by atoms with Gasteiger partial charge in [-0.05, 0) is 61.7 Å². The summed E-state index contributed by atoms with van der Waals surface area (Å²) in [4.78, 5) is 4.06. The largest absolute Gasteiger partial charge is 0.362 e. The standard InChI is InChI=1S/C20H20N4O6S2/c1-12-13(2)19(22-14-3-7-16(8-4-14)31(25,26)27)24-20(18(12)11-21)23-15-5-9-17(10-6-15)32(28,29)30/h3-5,7-10,15H,6H2,1-2H3,(H2,22,23,24)(H,25,26,27)(H,28,29,30). The van der Waals surface area contributed by atoms with Crippen LogP contribution in [0.15, 0.2) is 52.3 Å². The second kappa shape index (κ2) is 8.71. The molecule has 10 nitrogen and oxygen atoms in total. The molecule has 12 heteroatoms. The molecule has 0 fully saturated rings. The first-order valence-corrected chi connectivity index (χ1v) is 12.2. The number of nitriles is 1. The molecule has 32 heavy (non-hydrogen) atoms. The number of allylic oxidation sites excluding steroid dienone is 1. The van der Waals surface area contributed by atoms with Crippen LogP contribution >= 0.6 is 0 Å². The Bertz CT molecular complexity index is 1370. The maximum atomic E-state index is 11.2. The van der Waals surface area contributed by atoms with E-state index in [0.717, 1.165) is 0 Å². The van der Waals surface area contributed by atoms with Crippen molar-refractivity contribution in [2.24, 2.45) is 0 Å². The van der Waals surface area contributed by atoms with Gasteiger partial charge in [0.25, 0.3) is 20.2 Å². The highest BCUT2D eigenvalue weighted by Crippen LogP contribution is 2.29. The highest BCUT2D eigenvalue weighted by atomic mass is 32.2. The van der Waals surface area contributed by atoms with E-state index in [1.807, 2.05) is 0 Å². The van der Waals surface area contributed by atoms with Crippen molar-refractivity contribution in [2.45, 2.75) is 31.2 Å². The minimum absolute atomic E-state index is 0.195. The first-order valence-electron chi connectivity index (χ1n) is 9.28. The molecular formula is C20H20N4O6S2. The van der Waals surface area contributed by atoms with E-state index in [0.29, 0.717) is 28.2 Å². The van der Waals surface area contributed by atoms with Crippen LogP contribution in [0.25, 0.3) is 0 Å². The number of nitrogens with zero attached hydrogens (tertiary/aromatic N) is 2. The SMILES string of the molecule is Cc1c(Nc2ccc(S(=O)(=O)O)cc2)nc(NC2C=CC(S(=O)(=O)O)=CC2)c(C#N)c1C. The van der Waals surface area contributed by atoms with Gasteiger partial charge in [-0.15, -0.1) is 0 Å². The summed E-state index contributed by atoms with van der Waals surface area (Å²) in [5.74, 6) is 0.712. The molecule has 1 heterocycles. The predicted molar refractivity (Wildman–Crippen MR) is 119 cm³/mol. The molecule has 0 saturated carbocycles. The van der Waals surface area contributed by atoms with Gasteiger partial charge in [0.1, 0.15) is 17.7 Å². The van der Waals surface area contributed by atoms with Gasteiger partial charge in [0.2, 0.25) is 0 Å². The van der Waals surface area contributed by atoms with Gasteiger partial charge in [0, 0.05) is 11.7 Å². The second-order valence-corrected chi connectivity index (χ2v) is 9.94. The molecule has 4 N–H and O–H groups in total. The van der Waals surface area contributed by atoms with Crippen LogP contribution in [-0.2, 0) is 20.2 Å². The fourth-order valence-electron chi connectivity index (χ4n) is 3.08. The smallest absolute Gasteiger partial charge is 0.294 e. The third-order valence-corrected chi connectivity index (χ3v) is 6.73. The van der Waals surface area contributed by atoms with Crippen molar-refractivity contribution >= 4 is 37.6 Å². The molecule has 0 radical (unpaired) electrons. The molecule has 1 unspecified atom stereocenters. The third kappa shape index (κ3) is 5.14. The average molecular weight is 477 g/mol. The maximum absolute atomic E-state index is 11.2. The number of hydrogen-bond donors (Lipinski definition) is 4. The Morgan fingerprint density at radius 2 is 1.69 bits per heavy atom. The first kappa shape index (κ1) is 23.4. The maximum Gasteiger partial charge on any atom is 0.294 e. The number of anilines is 3. The van der Waals surface area contributed by atoms with Crippen molar-refractivity contribution < 1.29 is 25.9 Å². The Balaban J connectivity index is 1.89. The van der Waals surface area contributed by atoms with Crippen LogP contribution in [0.4, 0.5) is 17.3 Å². The van der Waals surface area contributed by atoms with Crippen molar-refractivity contribution in [3.05, 3.63) is 64.1 Å². The highest BCUT2D eigenvalue weighted by molar-refractivity contribution is 7.90. The van der Waals surface area contributed by atoms with Gasteiger partial charge >= 0.3 is 0 Å². The van der Waals surface area contributed by atoms with E-state index in [1.165, 1.54) is 36.4 Å².